The number of nitrogens with zero attached hydrogens (tertiary/aromatic N) is 1. The fourth-order valence-electron chi connectivity index (χ4n) is 6.73. The Morgan fingerprint density at radius 1 is 1.20 bits per heavy atom. The maximum Gasteiger partial charge on any atom is 0.155 e. The third-order valence-electron chi connectivity index (χ3n) is 8.04. The summed E-state index contributed by atoms with van der Waals surface area (Å²) in [6.07, 6.45) is 9.78. The minimum absolute atomic E-state index is 0.00707. The van der Waals surface area contributed by atoms with Gasteiger partial charge in [-0.1, -0.05) is 32.6 Å². The van der Waals surface area contributed by atoms with Crippen molar-refractivity contribution in [2.24, 2.45) is 28.6 Å². The molecule has 25 heavy (non-hydrogen) atoms. The molecule has 5 atom stereocenters. The highest BCUT2D eigenvalue weighted by Gasteiger charge is 2.59. The van der Waals surface area contributed by atoms with Crippen molar-refractivity contribution in [1.29, 1.82) is 5.26 Å². The highest BCUT2D eigenvalue weighted by molar-refractivity contribution is 5.91. The zero-order valence-electron chi connectivity index (χ0n) is 15.4. The molecule has 0 aromatic heterocycles. The lowest BCUT2D eigenvalue weighted by Crippen LogP contribution is -2.49. The van der Waals surface area contributed by atoms with Crippen LogP contribution in [0.15, 0.2) is 47.6 Å². The molecule has 0 N–H and O–H groups in total. The van der Waals surface area contributed by atoms with Gasteiger partial charge in [-0.2, -0.15) is 5.26 Å². The number of allylic oxidation sites excluding steroid dienone is 5. The van der Waals surface area contributed by atoms with Crippen LogP contribution in [0.2, 0.25) is 0 Å². The van der Waals surface area contributed by atoms with Gasteiger partial charge in [0.15, 0.2) is 5.78 Å². The summed E-state index contributed by atoms with van der Waals surface area (Å²) in [6.45, 7) is 13.4. The van der Waals surface area contributed by atoms with Gasteiger partial charge in [0.25, 0.3) is 0 Å². The molecule has 0 heterocycles. The summed E-state index contributed by atoms with van der Waals surface area (Å²) in [5, 5.41) is 9.25. The lowest BCUT2D eigenvalue weighted by Gasteiger charge is -2.57. The number of nitriles is 1. The maximum absolute atomic E-state index is 11.9. The molecule has 0 spiro atoms. The molecule has 4 aliphatic carbocycles. The van der Waals surface area contributed by atoms with Crippen LogP contribution in [0.4, 0.5) is 0 Å². The van der Waals surface area contributed by atoms with E-state index in [1.54, 1.807) is 6.08 Å². The van der Waals surface area contributed by atoms with Gasteiger partial charge in [-0.05, 0) is 78.1 Å². The molecule has 0 amide bonds. The Morgan fingerprint density at radius 2 is 1.96 bits per heavy atom. The number of carbonyl (C=O) groups excluding carboxylic acids is 1. The van der Waals surface area contributed by atoms with Crippen molar-refractivity contribution in [2.75, 3.05) is 0 Å². The first-order chi connectivity index (χ1) is 11.8. The summed E-state index contributed by atoms with van der Waals surface area (Å²) in [7, 11) is 0. The molecule has 2 nitrogen and oxygen atoms in total. The summed E-state index contributed by atoms with van der Waals surface area (Å²) in [6, 6.07) is 2.24. The van der Waals surface area contributed by atoms with Gasteiger partial charge < -0.3 is 0 Å². The first-order valence-corrected chi connectivity index (χ1v) is 9.55. The van der Waals surface area contributed by atoms with Crippen LogP contribution in [-0.2, 0) is 4.79 Å². The predicted octanol–water partition coefficient (Wildman–Crippen LogP) is 5.30. The third kappa shape index (κ3) is 2.05. The highest BCUT2D eigenvalue weighted by atomic mass is 16.1. The van der Waals surface area contributed by atoms with E-state index in [2.05, 4.69) is 33.1 Å². The Hall–Kier alpha value is -1.88. The molecule has 0 aliphatic heterocycles. The zero-order chi connectivity index (χ0) is 18.0. The smallest absolute Gasteiger partial charge is 0.155 e. The molecule has 0 saturated heterocycles. The van der Waals surface area contributed by atoms with Crippen LogP contribution in [0.1, 0.15) is 52.4 Å². The lowest BCUT2D eigenvalue weighted by atomic mass is 9.47. The molecule has 0 radical (unpaired) electrons. The zero-order valence-corrected chi connectivity index (χ0v) is 15.4. The van der Waals surface area contributed by atoms with Crippen LogP contribution in [0, 0.1) is 39.9 Å². The van der Waals surface area contributed by atoms with Gasteiger partial charge in [0.2, 0.25) is 0 Å². The van der Waals surface area contributed by atoms with Crippen LogP contribution in [0.25, 0.3) is 0 Å². The first-order valence-electron chi connectivity index (χ1n) is 9.55. The Kier molecular flexibility index (Phi) is 3.52. The quantitative estimate of drug-likeness (QED) is 0.564. The minimum Gasteiger partial charge on any atom is -0.295 e. The molecule has 4 rings (SSSR count). The van der Waals surface area contributed by atoms with E-state index in [1.807, 2.05) is 6.08 Å². The van der Waals surface area contributed by atoms with Crippen molar-refractivity contribution in [2.45, 2.75) is 52.4 Å². The molecule has 0 unspecified atom stereocenters. The fraction of sp³-hybridized carbons (Fsp3) is 0.565. The molecule has 3 fully saturated rings. The molecule has 2 heteroatoms. The van der Waals surface area contributed by atoms with Crippen LogP contribution < -0.4 is 0 Å². The van der Waals surface area contributed by atoms with Crippen molar-refractivity contribution in [1.82, 2.24) is 0 Å². The van der Waals surface area contributed by atoms with Crippen LogP contribution in [0.5, 0.6) is 0 Å². The Balaban J connectivity index is 1.77. The fourth-order valence-corrected chi connectivity index (χ4v) is 6.73. The second-order valence-corrected chi connectivity index (χ2v) is 8.99. The van der Waals surface area contributed by atoms with E-state index in [1.165, 1.54) is 12.0 Å². The van der Waals surface area contributed by atoms with Crippen molar-refractivity contribution < 1.29 is 4.79 Å². The van der Waals surface area contributed by atoms with E-state index in [4.69, 9.17) is 0 Å². The number of rotatable bonds is 0. The average molecular weight is 333 g/mol. The molecule has 0 aromatic rings. The minimum atomic E-state index is 0.00707. The van der Waals surface area contributed by atoms with Gasteiger partial charge >= 0.3 is 0 Å². The van der Waals surface area contributed by atoms with Crippen molar-refractivity contribution in [3.05, 3.63) is 47.6 Å². The van der Waals surface area contributed by atoms with E-state index in [0.717, 1.165) is 42.4 Å². The summed E-state index contributed by atoms with van der Waals surface area (Å²) < 4.78 is 0. The van der Waals surface area contributed by atoms with Crippen LogP contribution in [0.3, 0.4) is 0 Å². The summed E-state index contributed by atoms with van der Waals surface area (Å²) in [5.74, 6) is 1.91. The molecule has 130 valence electrons. The second kappa shape index (κ2) is 5.31. The topological polar surface area (TPSA) is 40.9 Å². The normalized spacial score (nSPS) is 44.7. The van der Waals surface area contributed by atoms with Crippen molar-refractivity contribution in [3.8, 4) is 6.07 Å². The van der Waals surface area contributed by atoms with Gasteiger partial charge in [-0.15, -0.1) is 0 Å². The Morgan fingerprint density at radius 3 is 2.68 bits per heavy atom. The molecular weight excluding hydrogens is 306 g/mol. The maximum atomic E-state index is 11.9. The second-order valence-electron chi connectivity index (χ2n) is 8.99. The van der Waals surface area contributed by atoms with E-state index >= 15 is 0 Å². The SMILES string of the molecule is C=C1C(=C)[C@H]2[C@@H]3CCC4=CC(=O)CC[C@]4(C)[C@@H]3CC[C@]2(C)C1=CC#N. The Labute approximate surface area is 151 Å². The number of hydrogen-bond donors (Lipinski definition) is 0. The number of carbonyl (C=O) groups is 1. The first kappa shape index (κ1) is 16.6. The molecule has 0 bridgehead atoms. The largest absolute Gasteiger partial charge is 0.295 e. The average Bonchev–Trinajstić information content (AvgIpc) is 2.77. The third-order valence-corrected chi connectivity index (χ3v) is 8.04. The van der Waals surface area contributed by atoms with Crippen LogP contribution >= 0.6 is 0 Å². The number of fused-ring (bicyclic) bond motifs is 5. The number of ketones is 1. The molecule has 0 aromatic carbocycles. The van der Waals surface area contributed by atoms with Gasteiger partial charge in [0, 0.05) is 17.9 Å². The predicted molar refractivity (Wildman–Crippen MR) is 99.5 cm³/mol. The van der Waals surface area contributed by atoms with Crippen LogP contribution in [-0.4, -0.2) is 5.78 Å². The monoisotopic (exact) mass is 333 g/mol. The lowest BCUT2D eigenvalue weighted by molar-refractivity contribution is -0.117. The molecular formula is C23H27NO. The van der Waals surface area contributed by atoms with Crippen molar-refractivity contribution in [3.63, 3.8) is 0 Å². The summed E-state index contributed by atoms with van der Waals surface area (Å²) in [4.78, 5) is 11.9. The summed E-state index contributed by atoms with van der Waals surface area (Å²) >= 11 is 0. The van der Waals surface area contributed by atoms with E-state index in [9.17, 15) is 10.1 Å². The van der Waals surface area contributed by atoms with E-state index < -0.39 is 0 Å². The van der Waals surface area contributed by atoms with Gasteiger partial charge in [-0.25, -0.2) is 0 Å². The summed E-state index contributed by atoms with van der Waals surface area (Å²) in [5.41, 5.74) is 4.84. The van der Waals surface area contributed by atoms with E-state index in [-0.39, 0.29) is 10.8 Å². The highest BCUT2D eigenvalue weighted by Crippen LogP contribution is 2.68. The van der Waals surface area contributed by atoms with Gasteiger partial charge in [-0.3, -0.25) is 4.79 Å². The van der Waals surface area contributed by atoms with Gasteiger partial charge in [0.1, 0.15) is 0 Å². The van der Waals surface area contributed by atoms with Gasteiger partial charge in [0.05, 0.1) is 6.07 Å². The molecule has 3 saturated carbocycles. The standard InChI is InChI=1S/C23H27NO/c1-14-15(2)21-18-6-5-16-13-17(25)7-10-22(16,3)20(18)8-11-23(21,4)19(14)9-12-24/h9,13,18,20-21H,1-2,5-8,10-11H2,3-4H3/t18-,20-,21+,22+,23-/m1/s1. The van der Waals surface area contributed by atoms with Crippen molar-refractivity contribution >= 4 is 5.78 Å². The van der Waals surface area contributed by atoms with E-state index in [0.29, 0.717) is 30.0 Å². The molecule has 4 aliphatic rings. The Bertz CT molecular complexity index is 791. The number of hydrogen-bond acceptors (Lipinski definition) is 2.